The smallest absolute Gasteiger partial charge is 0.326 e. The van der Waals surface area contributed by atoms with Crippen LogP contribution in [0.15, 0.2) is 0 Å². The fraction of sp³-hybridized carbons (Fsp3) is 0.733. The van der Waals surface area contributed by atoms with E-state index in [-0.39, 0.29) is 6.42 Å². The van der Waals surface area contributed by atoms with Crippen molar-refractivity contribution in [3.63, 3.8) is 0 Å². The van der Waals surface area contributed by atoms with Crippen molar-refractivity contribution in [3.05, 3.63) is 0 Å². The maximum Gasteiger partial charge on any atom is 0.326 e. The Balaban J connectivity index is 4.84. The highest BCUT2D eigenvalue weighted by molar-refractivity contribution is 5.92. The topological polar surface area (TPSA) is 205 Å². The third-order valence-electron chi connectivity index (χ3n) is 3.63. The van der Waals surface area contributed by atoms with E-state index in [0.29, 0.717) is 25.8 Å². The molecule has 11 heteroatoms. The quantitative estimate of drug-likeness (QED) is 0.173. The summed E-state index contributed by atoms with van der Waals surface area (Å²) in [4.78, 5) is 45.9. The van der Waals surface area contributed by atoms with Gasteiger partial charge in [0, 0.05) is 6.42 Å². The van der Waals surface area contributed by atoms with Crippen LogP contribution in [0.25, 0.3) is 0 Å². The van der Waals surface area contributed by atoms with E-state index in [1.807, 2.05) is 0 Å². The van der Waals surface area contributed by atoms with E-state index in [2.05, 4.69) is 10.6 Å². The summed E-state index contributed by atoms with van der Waals surface area (Å²) in [5.74, 6) is -4.25. The predicted molar refractivity (Wildman–Crippen MR) is 90.9 cm³/mol. The van der Waals surface area contributed by atoms with Gasteiger partial charge in [0.15, 0.2) is 0 Å². The largest absolute Gasteiger partial charge is 0.481 e. The van der Waals surface area contributed by atoms with Gasteiger partial charge in [-0.15, -0.1) is 0 Å². The van der Waals surface area contributed by atoms with Crippen LogP contribution < -0.4 is 22.1 Å². The molecule has 0 spiro atoms. The van der Waals surface area contributed by atoms with Gasteiger partial charge < -0.3 is 37.4 Å². The second-order valence-corrected chi connectivity index (χ2v) is 5.95. The summed E-state index contributed by atoms with van der Waals surface area (Å²) < 4.78 is 0. The van der Waals surface area contributed by atoms with E-state index < -0.39 is 54.4 Å². The zero-order valence-electron chi connectivity index (χ0n) is 14.7. The van der Waals surface area contributed by atoms with Crippen LogP contribution in [0.1, 0.15) is 39.0 Å². The summed E-state index contributed by atoms with van der Waals surface area (Å²) in [7, 11) is 0. The fourth-order valence-corrected chi connectivity index (χ4v) is 2.09. The molecule has 0 aliphatic rings. The lowest BCUT2D eigenvalue weighted by molar-refractivity contribution is -0.144. The first-order valence-corrected chi connectivity index (χ1v) is 8.29. The van der Waals surface area contributed by atoms with E-state index in [1.54, 1.807) is 0 Å². The van der Waals surface area contributed by atoms with Gasteiger partial charge in [-0.25, -0.2) is 4.79 Å². The van der Waals surface area contributed by atoms with Crippen LogP contribution in [-0.4, -0.2) is 69.8 Å². The second-order valence-electron chi connectivity index (χ2n) is 5.95. The zero-order valence-corrected chi connectivity index (χ0v) is 14.7. The molecule has 0 rings (SSSR count). The molecular weight excluding hydrogens is 348 g/mol. The van der Waals surface area contributed by atoms with Gasteiger partial charge in [0.25, 0.3) is 0 Å². The van der Waals surface area contributed by atoms with Gasteiger partial charge >= 0.3 is 11.9 Å². The van der Waals surface area contributed by atoms with Crippen LogP contribution >= 0.6 is 0 Å². The van der Waals surface area contributed by atoms with Crippen molar-refractivity contribution < 1.29 is 34.5 Å². The molecule has 11 nitrogen and oxygen atoms in total. The van der Waals surface area contributed by atoms with E-state index in [9.17, 15) is 24.3 Å². The number of amides is 2. The minimum Gasteiger partial charge on any atom is -0.481 e. The molecule has 0 fully saturated rings. The molecule has 9 N–H and O–H groups in total. The molecule has 0 saturated heterocycles. The standard InChI is InChI=1S/C15H28N4O7/c1-8(20)12(19-13(23)9(17)4-2-3-7-16)14(24)18-10(15(25)26)5-6-11(21)22/h8-10,12,20H,2-7,16-17H2,1H3,(H,18,24)(H,19,23)(H,21,22)(H,25,26). The number of rotatable bonds is 13. The molecule has 0 aromatic rings. The van der Waals surface area contributed by atoms with Crippen LogP contribution in [0.3, 0.4) is 0 Å². The van der Waals surface area contributed by atoms with E-state index >= 15 is 0 Å². The van der Waals surface area contributed by atoms with Crippen molar-refractivity contribution in [2.75, 3.05) is 6.54 Å². The number of nitrogens with two attached hydrogens (primary N) is 2. The van der Waals surface area contributed by atoms with Gasteiger partial charge in [0.05, 0.1) is 12.1 Å². The third-order valence-corrected chi connectivity index (χ3v) is 3.63. The lowest BCUT2D eigenvalue weighted by Crippen LogP contribution is -2.58. The van der Waals surface area contributed by atoms with Gasteiger partial charge in [-0.1, -0.05) is 6.42 Å². The first-order valence-electron chi connectivity index (χ1n) is 8.29. The number of unbranched alkanes of at least 4 members (excludes halogenated alkanes) is 1. The molecule has 0 heterocycles. The Bertz CT molecular complexity index is 498. The van der Waals surface area contributed by atoms with Crippen molar-refractivity contribution >= 4 is 23.8 Å². The molecule has 0 aromatic carbocycles. The molecule has 4 unspecified atom stereocenters. The van der Waals surface area contributed by atoms with Crippen molar-refractivity contribution in [1.29, 1.82) is 0 Å². The Labute approximate surface area is 151 Å². The lowest BCUT2D eigenvalue weighted by atomic mass is 10.1. The number of carbonyl (C=O) groups is 4. The highest BCUT2D eigenvalue weighted by atomic mass is 16.4. The summed E-state index contributed by atoms with van der Waals surface area (Å²) >= 11 is 0. The Kier molecular flexibility index (Phi) is 11.1. The number of hydrogen-bond donors (Lipinski definition) is 7. The summed E-state index contributed by atoms with van der Waals surface area (Å²) in [6.07, 6.45) is -0.472. The number of carboxylic acids is 2. The zero-order chi connectivity index (χ0) is 20.3. The number of carboxylic acid groups (broad SMARTS) is 2. The van der Waals surface area contributed by atoms with E-state index in [1.165, 1.54) is 6.92 Å². The van der Waals surface area contributed by atoms with Gasteiger partial charge in [0.2, 0.25) is 11.8 Å². The average Bonchev–Trinajstić information content (AvgIpc) is 2.55. The predicted octanol–water partition coefficient (Wildman–Crippen LogP) is -2.26. The molecule has 150 valence electrons. The number of nitrogens with one attached hydrogen (secondary N) is 2. The van der Waals surface area contributed by atoms with Gasteiger partial charge in [0.1, 0.15) is 12.1 Å². The molecular formula is C15H28N4O7. The number of aliphatic hydroxyl groups excluding tert-OH is 1. The van der Waals surface area contributed by atoms with Gasteiger partial charge in [-0.2, -0.15) is 0 Å². The van der Waals surface area contributed by atoms with Crippen LogP contribution in [0, 0.1) is 0 Å². The van der Waals surface area contributed by atoms with Crippen LogP contribution in [-0.2, 0) is 19.2 Å². The van der Waals surface area contributed by atoms with Crippen LogP contribution in [0.5, 0.6) is 0 Å². The molecule has 2 amide bonds. The second kappa shape index (κ2) is 12.2. The molecule has 0 aromatic heterocycles. The lowest BCUT2D eigenvalue weighted by Gasteiger charge is -2.24. The first kappa shape index (κ1) is 23.8. The highest BCUT2D eigenvalue weighted by Gasteiger charge is 2.31. The Hall–Kier alpha value is -2.24. The molecule has 0 radical (unpaired) electrons. The van der Waals surface area contributed by atoms with Crippen molar-refractivity contribution in [3.8, 4) is 0 Å². The normalized spacial score (nSPS) is 15.4. The molecule has 0 bridgehead atoms. The molecule has 0 aliphatic heterocycles. The van der Waals surface area contributed by atoms with Crippen LogP contribution in [0.2, 0.25) is 0 Å². The Morgan fingerprint density at radius 3 is 2.08 bits per heavy atom. The molecule has 26 heavy (non-hydrogen) atoms. The monoisotopic (exact) mass is 376 g/mol. The minimum atomic E-state index is -1.46. The minimum absolute atomic E-state index is 0.338. The van der Waals surface area contributed by atoms with E-state index in [4.69, 9.17) is 21.7 Å². The fourth-order valence-electron chi connectivity index (χ4n) is 2.09. The number of hydrogen-bond acceptors (Lipinski definition) is 7. The molecule has 0 saturated carbocycles. The number of aliphatic carboxylic acids is 2. The van der Waals surface area contributed by atoms with Crippen molar-refractivity contribution in [1.82, 2.24) is 10.6 Å². The third kappa shape index (κ3) is 9.30. The average molecular weight is 376 g/mol. The summed E-state index contributed by atoms with van der Waals surface area (Å²) in [5, 5.41) is 31.8. The number of aliphatic hydroxyl groups is 1. The summed E-state index contributed by atoms with van der Waals surface area (Å²) in [6.45, 7) is 1.71. The Morgan fingerprint density at radius 2 is 1.62 bits per heavy atom. The van der Waals surface area contributed by atoms with Gasteiger partial charge in [-0.3, -0.25) is 14.4 Å². The maximum atomic E-state index is 12.2. The highest BCUT2D eigenvalue weighted by Crippen LogP contribution is 2.03. The van der Waals surface area contributed by atoms with Crippen molar-refractivity contribution in [2.24, 2.45) is 11.5 Å². The van der Waals surface area contributed by atoms with Gasteiger partial charge in [-0.05, 0) is 32.7 Å². The maximum absolute atomic E-state index is 12.2. The summed E-state index contributed by atoms with van der Waals surface area (Å²) in [5.41, 5.74) is 11.1. The van der Waals surface area contributed by atoms with Crippen LogP contribution in [0.4, 0.5) is 0 Å². The Morgan fingerprint density at radius 1 is 1.00 bits per heavy atom. The molecule has 0 aliphatic carbocycles. The SMILES string of the molecule is CC(O)C(NC(=O)C(N)CCCCN)C(=O)NC(CCC(=O)O)C(=O)O. The summed E-state index contributed by atoms with van der Waals surface area (Å²) in [6, 6.07) is -3.79. The first-order chi connectivity index (χ1) is 12.1. The van der Waals surface area contributed by atoms with Crippen molar-refractivity contribution in [2.45, 2.75) is 63.3 Å². The number of carbonyl (C=O) groups excluding carboxylic acids is 2. The molecule has 4 atom stereocenters. The van der Waals surface area contributed by atoms with E-state index in [0.717, 1.165) is 0 Å².